The van der Waals surface area contributed by atoms with Gasteiger partial charge in [-0.05, 0) is 62.0 Å². The summed E-state index contributed by atoms with van der Waals surface area (Å²) in [7, 11) is -5.09. The van der Waals surface area contributed by atoms with Crippen molar-refractivity contribution in [1.29, 1.82) is 0 Å². The molecule has 41 heavy (non-hydrogen) atoms. The number of ether oxygens (including phenoxy) is 2. The van der Waals surface area contributed by atoms with E-state index >= 15 is 8.78 Å². The summed E-state index contributed by atoms with van der Waals surface area (Å²) in [5.41, 5.74) is -7.29. The normalized spacial score (nSPS) is 45.0. The van der Waals surface area contributed by atoms with Crippen molar-refractivity contribution in [3.63, 3.8) is 0 Å². The minimum Gasteiger partial charge on any atom is -0.390 e. The highest BCUT2D eigenvalue weighted by Gasteiger charge is 2.80. The van der Waals surface area contributed by atoms with E-state index in [1.54, 1.807) is 6.92 Å². The van der Waals surface area contributed by atoms with E-state index in [0.29, 0.717) is 0 Å². The molecule has 1 aromatic rings. The summed E-state index contributed by atoms with van der Waals surface area (Å²) in [5, 5.41) is 11.6. The number of carbonyl (C=O) groups excluding carboxylic acids is 2. The Morgan fingerprint density at radius 2 is 1.95 bits per heavy atom. The van der Waals surface area contributed by atoms with Gasteiger partial charge in [0.15, 0.2) is 29.1 Å². The molecule has 0 spiro atoms. The minimum atomic E-state index is -5.09. The smallest absolute Gasteiger partial charge is 0.390 e. The summed E-state index contributed by atoms with van der Waals surface area (Å²) >= 11 is 0. The van der Waals surface area contributed by atoms with Gasteiger partial charge >= 0.3 is 7.82 Å². The van der Waals surface area contributed by atoms with E-state index in [1.807, 2.05) is 0 Å². The van der Waals surface area contributed by atoms with Crippen LogP contribution in [0.3, 0.4) is 0 Å². The van der Waals surface area contributed by atoms with Crippen LogP contribution < -0.4 is 0 Å². The fourth-order valence-corrected chi connectivity index (χ4v) is 8.79. The Morgan fingerprint density at radius 1 is 1.22 bits per heavy atom. The van der Waals surface area contributed by atoms with Crippen molar-refractivity contribution in [2.45, 2.75) is 69.0 Å². The number of halogens is 3. The summed E-state index contributed by atoms with van der Waals surface area (Å²) in [6.45, 7) is 1.96. The number of carbonyl (C=O) groups is 2. The van der Waals surface area contributed by atoms with Crippen LogP contribution in [0.15, 0.2) is 48.1 Å². The van der Waals surface area contributed by atoms with Crippen LogP contribution in [0, 0.1) is 28.5 Å². The van der Waals surface area contributed by atoms with Crippen molar-refractivity contribution in [2.24, 2.45) is 22.7 Å². The lowest BCUT2D eigenvalue weighted by Gasteiger charge is -2.63. The molecule has 5 aliphatic rings. The molecule has 0 unspecified atom stereocenters. The predicted octanol–water partition coefficient (Wildman–Crippen LogP) is 3.59. The van der Waals surface area contributed by atoms with E-state index in [9.17, 15) is 33.4 Å². The van der Waals surface area contributed by atoms with Crippen molar-refractivity contribution in [3.05, 3.63) is 59.4 Å². The van der Waals surface area contributed by atoms with E-state index < -0.39 is 90.4 Å². The number of aliphatic hydroxyl groups excluding tert-OH is 1. The highest BCUT2D eigenvalue weighted by molar-refractivity contribution is 7.46. The summed E-state index contributed by atoms with van der Waals surface area (Å²) in [5.74, 6) is -3.92. The van der Waals surface area contributed by atoms with Gasteiger partial charge in [-0.1, -0.05) is 25.1 Å². The third-order valence-electron chi connectivity index (χ3n) is 10.3. The summed E-state index contributed by atoms with van der Waals surface area (Å²) in [4.78, 5) is 44.5. The highest BCUT2D eigenvalue weighted by atomic mass is 31.2. The molecule has 4 fully saturated rings. The van der Waals surface area contributed by atoms with Crippen LogP contribution >= 0.6 is 7.82 Å². The Kier molecular flexibility index (Phi) is 6.46. The van der Waals surface area contributed by atoms with Crippen molar-refractivity contribution in [1.82, 2.24) is 0 Å². The molecule has 1 heterocycles. The van der Waals surface area contributed by atoms with Crippen molar-refractivity contribution < 1.29 is 56.2 Å². The number of hydrogen-bond acceptors (Lipinski definition) is 7. The van der Waals surface area contributed by atoms with Crippen molar-refractivity contribution >= 4 is 19.4 Å². The van der Waals surface area contributed by atoms with Crippen LogP contribution in [0.25, 0.3) is 0 Å². The number of Topliss-reactive ketones (excluding diaryl/α,β-unsaturated/α-hetero) is 1. The maximum atomic E-state index is 17.5. The first kappa shape index (κ1) is 28.9. The number of hydrogen-bond donors (Lipinski definition) is 3. The summed E-state index contributed by atoms with van der Waals surface area (Å²) in [6, 6.07) is 5.29. The second-order valence-electron chi connectivity index (χ2n) is 12.1. The molecular formula is C28H30F3O9P. The van der Waals surface area contributed by atoms with Gasteiger partial charge in [0.05, 0.1) is 12.2 Å². The number of ketones is 2. The number of phosphoric ester groups is 1. The van der Waals surface area contributed by atoms with Gasteiger partial charge in [0.25, 0.3) is 0 Å². The molecule has 0 radical (unpaired) electrons. The molecule has 0 amide bonds. The zero-order chi connectivity index (χ0) is 29.8. The maximum Gasteiger partial charge on any atom is 0.470 e. The largest absolute Gasteiger partial charge is 0.470 e. The first-order valence-electron chi connectivity index (χ1n) is 13.4. The number of phosphoric acid groups is 1. The molecule has 4 aliphatic carbocycles. The van der Waals surface area contributed by atoms with Crippen LogP contribution in [-0.4, -0.2) is 62.7 Å². The molecular weight excluding hydrogens is 568 g/mol. The number of fused-ring (bicyclic) bond motifs is 7. The second kappa shape index (κ2) is 9.16. The molecule has 6 rings (SSSR count). The minimum absolute atomic E-state index is 0.0164. The van der Waals surface area contributed by atoms with Gasteiger partial charge in [-0.2, -0.15) is 0 Å². The lowest BCUT2D eigenvalue weighted by molar-refractivity contribution is -0.235. The molecule has 9 nitrogen and oxygen atoms in total. The first-order valence-corrected chi connectivity index (χ1v) is 14.9. The standard InChI is InChI=1S/C28H30F3O9P/c1-25-7-6-16(32)9-19(25)20(30)10-18-17-11-23-28(22(34)13-38-41(35,36)37,26(17,2)12-21(33)27(18,25)31)40-24(39-23)14-4-3-5-15(29)8-14/h3-9,17-18,20-21,23-24,33H,10-13H2,1-2H3,(H2,35,36,37)/t17-,18-,20-,21-,23+,24+,25-,26-,27-,28+/m0/s1. The van der Waals surface area contributed by atoms with Gasteiger partial charge < -0.3 is 24.4 Å². The SMILES string of the molecule is C[C@]12C=CC(=O)C=C1[C@@H](F)C[C@H]1[C@@H]3C[C@H]4O[C@@H](c5cccc(F)c5)O[C@@]4(C(=O)COP(=O)(O)O)[C@@]3(C)C[C@H](O)[C@@]12F. The monoisotopic (exact) mass is 598 g/mol. The van der Waals surface area contributed by atoms with E-state index in [1.165, 1.54) is 31.2 Å². The molecule has 3 saturated carbocycles. The molecule has 3 N–H and O–H groups in total. The van der Waals surface area contributed by atoms with Crippen LogP contribution in [0.4, 0.5) is 13.2 Å². The Morgan fingerprint density at radius 3 is 2.63 bits per heavy atom. The van der Waals surface area contributed by atoms with Crippen LogP contribution in [0.2, 0.25) is 0 Å². The Hall–Kier alpha value is -2.18. The van der Waals surface area contributed by atoms with Gasteiger partial charge in [0.1, 0.15) is 18.6 Å². The quantitative estimate of drug-likeness (QED) is 0.434. The molecule has 222 valence electrons. The Balaban J connectivity index is 1.45. The van der Waals surface area contributed by atoms with Gasteiger partial charge in [-0.25, -0.2) is 17.7 Å². The number of allylic oxidation sites excluding steroid dienone is 4. The zero-order valence-corrected chi connectivity index (χ0v) is 23.1. The van der Waals surface area contributed by atoms with Crippen molar-refractivity contribution in [3.8, 4) is 0 Å². The highest BCUT2D eigenvalue weighted by Crippen LogP contribution is 2.72. The average molecular weight is 599 g/mol. The summed E-state index contributed by atoms with van der Waals surface area (Å²) < 4.78 is 75.7. The molecule has 1 aromatic carbocycles. The van der Waals surface area contributed by atoms with Gasteiger partial charge in [-0.3, -0.25) is 14.1 Å². The van der Waals surface area contributed by atoms with Crippen LogP contribution in [0.1, 0.15) is 45.0 Å². The third-order valence-corrected chi connectivity index (χ3v) is 10.7. The Bertz CT molecular complexity index is 1430. The maximum absolute atomic E-state index is 17.5. The fraction of sp³-hybridized carbons (Fsp3) is 0.571. The fourth-order valence-electron chi connectivity index (χ4n) is 8.50. The third kappa shape index (κ3) is 3.88. The molecule has 0 aromatic heterocycles. The van der Waals surface area contributed by atoms with Gasteiger partial charge in [0, 0.05) is 22.3 Å². The number of alkyl halides is 2. The predicted molar refractivity (Wildman–Crippen MR) is 135 cm³/mol. The lowest BCUT2D eigenvalue weighted by atomic mass is 9.44. The second-order valence-corrected chi connectivity index (χ2v) is 13.4. The number of aliphatic hydroxyl groups is 1. The molecule has 1 saturated heterocycles. The number of rotatable bonds is 5. The first-order chi connectivity index (χ1) is 19.1. The zero-order valence-electron chi connectivity index (χ0n) is 22.2. The summed E-state index contributed by atoms with van der Waals surface area (Å²) in [6.07, 6.45) is -3.05. The topological polar surface area (TPSA) is 140 Å². The van der Waals surface area contributed by atoms with Crippen molar-refractivity contribution in [2.75, 3.05) is 6.61 Å². The lowest BCUT2D eigenvalue weighted by Crippen LogP contribution is -2.70. The van der Waals surface area contributed by atoms with Crippen LogP contribution in [-0.2, 0) is 28.2 Å². The van der Waals surface area contributed by atoms with Gasteiger partial charge in [0.2, 0.25) is 0 Å². The van der Waals surface area contributed by atoms with E-state index in [2.05, 4.69) is 4.52 Å². The molecule has 13 heteroatoms. The molecule has 0 bridgehead atoms. The van der Waals surface area contributed by atoms with Gasteiger partial charge in [-0.15, -0.1) is 0 Å². The van der Waals surface area contributed by atoms with Crippen LogP contribution in [0.5, 0.6) is 0 Å². The van der Waals surface area contributed by atoms with E-state index in [4.69, 9.17) is 9.47 Å². The molecule has 1 aliphatic heterocycles. The van der Waals surface area contributed by atoms with E-state index in [-0.39, 0.29) is 30.4 Å². The van der Waals surface area contributed by atoms with E-state index in [0.717, 1.165) is 18.2 Å². The Labute approximate surface area is 233 Å². The number of benzene rings is 1. The average Bonchev–Trinajstić information content (AvgIpc) is 3.39. The molecule has 10 atom stereocenters.